The summed E-state index contributed by atoms with van der Waals surface area (Å²) in [5.41, 5.74) is 3.26. The second-order valence-corrected chi connectivity index (χ2v) is 7.96. The van der Waals surface area contributed by atoms with E-state index in [1.165, 1.54) is 11.1 Å². The van der Waals surface area contributed by atoms with Gasteiger partial charge in [-0.1, -0.05) is 91.9 Å². The maximum atomic E-state index is 13.7. The van der Waals surface area contributed by atoms with E-state index in [0.29, 0.717) is 0 Å². The van der Waals surface area contributed by atoms with Crippen molar-refractivity contribution in [2.24, 2.45) is 5.92 Å². The Hall–Kier alpha value is -2.71. The van der Waals surface area contributed by atoms with Crippen molar-refractivity contribution >= 4 is 5.78 Å². The molecule has 3 aromatic rings. The van der Waals surface area contributed by atoms with Crippen LogP contribution in [0.5, 0.6) is 0 Å². The van der Waals surface area contributed by atoms with E-state index in [0.717, 1.165) is 31.6 Å². The molecule has 0 amide bonds. The number of piperidine rings is 1. The van der Waals surface area contributed by atoms with Gasteiger partial charge in [0.2, 0.25) is 0 Å². The fourth-order valence-corrected chi connectivity index (χ4v) is 4.77. The van der Waals surface area contributed by atoms with E-state index in [1.807, 2.05) is 48.5 Å². The Morgan fingerprint density at radius 3 is 2.28 bits per heavy atom. The Kier molecular flexibility index (Phi) is 6.21. The molecule has 0 N–H and O–H groups in total. The highest BCUT2D eigenvalue weighted by Gasteiger charge is 2.41. The Bertz CT molecular complexity index is 907. The third-order valence-electron chi connectivity index (χ3n) is 6.03. The van der Waals surface area contributed by atoms with Gasteiger partial charge in [-0.3, -0.25) is 4.79 Å². The van der Waals surface area contributed by atoms with Gasteiger partial charge in [0, 0.05) is 36.4 Å². The molecule has 3 atom stereocenters. The van der Waals surface area contributed by atoms with Crippen LogP contribution in [0.15, 0.2) is 84.9 Å². The van der Waals surface area contributed by atoms with Crippen LogP contribution in [0.25, 0.3) is 0 Å². The van der Waals surface area contributed by atoms with E-state index >= 15 is 0 Å². The number of hydrogen-bond acceptors (Lipinski definition) is 2. The van der Waals surface area contributed by atoms with E-state index < -0.39 is 0 Å². The molecule has 2 nitrogen and oxygen atoms in total. The predicted octanol–water partition coefficient (Wildman–Crippen LogP) is 5.58. The third kappa shape index (κ3) is 4.33. The van der Waals surface area contributed by atoms with E-state index in [4.69, 9.17) is 0 Å². The highest BCUT2D eigenvalue weighted by molar-refractivity contribution is 5.98. The summed E-state index contributed by atoms with van der Waals surface area (Å²) >= 11 is 0. The molecule has 1 saturated heterocycles. The molecule has 1 heterocycles. The van der Waals surface area contributed by atoms with Crippen molar-refractivity contribution in [3.05, 3.63) is 108 Å². The largest absolute Gasteiger partial charge is 0.302 e. The van der Waals surface area contributed by atoms with Crippen molar-refractivity contribution in [2.75, 3.05) is 19.6 Å². The van der Waals surface area contributed by atoms with Crippen molar-refractivity contribution in [1.82, 2.24) is 4.90 Å². The number of ketones is 1. The minimum atomic E-state index is -0.0706. The molecule has 4 rings (SSSR count). The number of hydrogen-bond donors (Lipinski definition) is 0. The molecule has 0 aliphatic carbocycles. The summed E-state index contributed by atoms with van der Waals surface area (Å²) in [4.78, 5) is 16.1. The lowest BCUT2D eigenvalue weighted by molar-refractivity contribution is 0.0740. The van der Waals surface area contributed by atoms with Gasteiger partial charge in [0.05, 0.1) is 0 Å². The molecular formula is C27H28NO. The monoisotopic (exact) mass is 382 g/mol. The number of likely N-dealkylation sites (tertiary alicyclic amines) is 1. The van der Waals surface area contributed by atoms with E-state index in [1.54, 1.807) is 0 Å². The first-order valence-electron chi connectivity index (χ1n) is 10.6. The van der Waals surface area contributed by atoms with Gasteiger partial charge in [-0.15, -0.1) is 0 Å². The van der Waals surface area contributed by atoms with Crippen molar-refractivity contribution in [1.29, 1.82) is 0 Å². The first-order valence-corrected chi connectivity index (χ1v) is 10.6. The van der Waals surface area contributed by atoms with Crippen LogP contribution in [0.4, 0.5) is 0 Å². The Balaban J connectivity index is 1.79. The van der Waals surface area contributed by atoms with Gasteiger partial charge in [0.1, 0.15) is 0 Å². The van der Waals surface area contributed by atoms with E-state index in [2.05, 4.69) is 54.3 Å². The van der Waals surface area contributed by atoms with Crippen LogP contribution in [0.3, 0.4) is 0 Å². The van der Waals surface area contributed by atoms with Crippen LogP contribution >= 0.6 is 0 Å². The average molecular weight is 383 g/mol. The molecule has 0 saturated carbocycles. The molecule has 0 spiro atoms. The summed E-state index contributed by atoms with van der Waals surface area (Å²) in [5.74, 6) is 0.576. The summed E-state index contributed by atoms with van der Waals surface area (Å²) in [6, 6.07) is 32.1. The second kappa shape index (κ2) is 9.19. The molecule has 1 aliphatic rings. The zero-order valence-electron chi connectivity index (χ0n) is 17.0. The number of nitrogens with zero attached hydrogens (tertiary/aromatic N) is 1. The molecular weight excluding hydrogens is 354 g/mol. The first kappa shape index (κ1) is 19.6. The van der Waals surface area contributed by atoms with E-state index in [9.17, 15) is 4.79 Å². The van der Waals surface area contributed by atoms with Gasteiger partial charge in [-0.25, -0.2) is 0 Å². The molecule has 1 fully saturated rings. The molecule has 0 aromatic heterocycles. The lowest BCUT2D eigenvalue weighted by atomic mass is 9.68. The number of benzene rings is 3. The molecule has 3 aromatic carbocycles. The topological polar surface area (TPSA) is 20.3 Å². The molecule has 1 radical (unpaired) electrons. The van der Waals surface area contributed by atoms with Crippen molar-refractivity contribution in [3.63, 3.8) is 0 Å². The molecule has 29 heavy (non-hydrogen) atoms. The highest BCUT2D eigenvalue weighted by Crippen LogP contribution is 2.44. The van der Waals surface area contributed by atoms with Crippen molar-refractivity contribution in [3.8, 4) is 0 Å². The number of Topliss-reactive ketones (excluding diaryl/α,β-unsaturated/α-hetero) is 1. The Morgan fingerprint density at radius 1 is 0.931 bits per heavy atom. The van der Waals surface area contributed by atoms with Crippen molar-refractivity contribution in [2.45, 2.75) is 25.2 Å². The van der Waals surface area contributed by atoms with Crippen LogP contribution in [0, 0.1) is 12.0 Å². The third-order valence-corrected chi connectivity index (χ3v) is 6.03. The van der Waals surface area contributed by atoms with Gasteiger partial charge in [0.25, 0.3) is 0 Å². The van der Waals surface area contributed by atoms with Crippen LogP contribution in [0.1, 0.15) is 46.7 Å². The minimum absolute atomic E-state index is 0.0706. The maximum Gasteiger partial charge on any atom is 0.167 e. The molecule has 0 bridgehead atoms. The lowest BCUT2D eigenvalue weighted by Gasteiger charge is -2.44. The zero-order valence-corrected chi connectivity index (χ0v) is 17.0. The summed E-state index contributed by atoms with van der Waals surface area (Å²) in [6.45, 7) is 5.00. The first-order chi connectivity index (χ1) is 14.3. The molecule has 0 unspecified atom stereocenters. The summed E-state index contributed by atoms with van der Waals surface area (Å²) in [5, 5.41) is 0. The Labute approximate surface area is 174 Å². The zero-order chi connectivity index (χ0) is 20.1. The van der Waals surface area contributed by atoms with Crippen LogP contribution in [-0.2, 0) is 0 Å². The average Bonchev–Trinajstić information content (AvgIpc) is 2.80. The number of carbonyl (C=O) groups excluding carboxylic acids is 1. The lowest BCUT2D eigenvalue weighted by Crippen LogP contribution is -2.47. The summed E-state index contributed by atoms with van der Waals surface area (Å²) in [6.07, 6.45) is 1.09. The van der Waals surface area contributed by atoms with Crippen LogP contribution in [0.2, 0.25) is 0 Å². The molecule has 2 heteroatoms. The fourth-order valence-electron chi connectivity index (χ4n) is 4.77. The Morgan fingerprint density at radius 2 is 1.62 bits per heavy atom. The highest BCUT2D eigenvalue weighted by atomic mass is 16.1. The second-order valence-electron chi connectivity index (χ2n) is 7.96. The van der Waals surface area contributed by atoms with Crippen LogP contribution in [-0.4, -0.2) is 30.3 Å². The smallest absolute Gasteiger partial charge is 0.167 e. The van der Waals surface area contributed by atoms with Gasteiger partial charge in [0.15, 0.2) is 5.78 Å². The quantitative estimate of drug-likeness (QED) is 0.519. The van der Waals surface area contributed by atoms with E-state index in [-0.39, 0.29) is 23.5 Å². The molecule has 147 valence electrons. The maximum absolute atomic E-state index is 13.7. The number of rotatable bonds is 6. The number of carbonyl (C=O) groups is 1. The van der Waals surface area contributed by atoms with Gasteiger partial charge in [-0.2, -0.15) is 0 Å². The normalized spacial score (nSPS) is 22.3. The predicted molar refractivity (Wildman–Crippen MR) is 118 cm³/mol. The van der Waals surface area contributed by atoms with Crippen LogP contribution < -0.4 is 0 Å². The van der Waals surface area contributed by atoms with Crippen molar-refractivity contribution < 1.29 is 4.79 Å². The minimum Gasteiger partial charge on any atom is -0.302 e. The van der Waals surface area contributed by atoms with Gasteiger partial charge >= 0.3 is 0 Å². The SMILES string of the molecule is CCCN1C[C@H](c2[c]cccc2)[C@H](c2ccccc2)[C@H](C(=O)c2ccccc2)C1. The standard InChI is InChI=1S/C27H28NO/c1-2-18-28-19-24(21-12-6-3-7-13-21)26(22-14-8-4-9-15-22)25(20-28)27(29)23-16-10-5-11-17-23/h3-12,14-17,24-26H,2,18-20H2,1H3/t24-,25-,26+/m1/s1. The van der Waals surface area contributed by atoms with Gasteiger partial charge in [-0.05, 0) is 30.2 Å². The fraction of sp³-hybridized carbons (Fsp3) is 0.296. The summed E-state index contributed by atoms with van der Waals surface area (Å²) < 4.78 is 0. The molecule has 1 aliphatic heterocycles. The van der Waals surface area contributed by atoms with Gasteiger partial charge < -0.3 is 4.90 Å². The summed E-state index contributed by atoms with van der Waals surface area (Å²) in [7, 11) is 0.